The molecule has 0 spiro atoms. The van der Waals surface area contributed by atoms with Crippen LogP contribution in [0.5, 0.6) is 5.75 Å². The number of benzene rings is 2. The Labute approximate surface area is 196 Å². The van der Waals surface area contributed by atoms with Crippen LogP contribution in [0.4, 0.5) is 0 Å². The third-order valence-corrected chi connectivity index (χ3v) is 6.27. The highest BCUT2D eigenvalue weighted by Gasteiger charge is 2.33. The van der Waals surface area contributed by atoms with Gasteiger partial charge in [0.2, 0.25) is 0 Å². The van der Waals surface area contributed by atoms with Gasteiger partial charge in [0, 0.05) is 0 Å². The summed E-state index contributed by atoms with van der Waals surface area (Å²) in [5.74, 6) is 0.346. The Kier molecular flexibility index (Phi) is 6.89. The first kappa shape index (κ1) is 22.7. The van der Waals surface area contributed by atoms with Crippen LogP contribution in [-0.4, -0.2) is 23.8 Å². The number of hydrogen-bond acceptors (Lipinski definition) is 6. The van der Waals surface area contributed by atoms with Crippen LogP contribution in [0, 0.1) is 0 Å². The van der Waals surface area contributed by atoms with Crippen molar-refractivity contribution in [1.29, 1.82) is 0 Å². The fraction of sp³-hybridized carbons (Fsp3) is 0.269. The summed E-state index contributed by atoms with van der Waals surface area (Å²) in [6.07, 6.45) is 2.79. The van der Waals surface area contributed by atoms with E-state index in [1.807, 2.05) is 60.7 Å². The van der Waals surface area contributed by atoms with Crippen molar-refractivity contribution < 1.29 is 14.3 Å². The molecule has 4 rings (SSSR count). The van der Waals surface area contributed by atoms with Gasteiger partial charge in [-0.15, -0.1) is 0 Å². The molecule has 1 aliphatic rings. The first-order valence-corrected chi connectivity index (χ1v) is 11.8. The monoisotopic (exact) mass is 462 g/mol. The smallest absolute Gasteiger partial charge is 0.338 e. The lowest BCUT2D eigenvalue weighted by atomic mass is 9.96. The third kappa shape index (κ3) is 4.68. The molecule has 2 heterocycles. The number of rotatable bonds is 7. The number of thiazole rings is 1. The lowest BCUT2D eigenvalue weighted by Crippen LogP contribution is -2.39. The van der Waals surface area contributed by atoms with Crippen LogP contribution in [0.2, 0.25) is 0 Å². The van der Waals surface area contributed by atoms with E-state index in [0.717, 1.165) is 23.3 Å². The van der Waals surface area contributed by atoms with Gasteiger partial charge in [-0.1, -0.05) is 60.7 Å². The summed E-state index contributed by atoms with van der Waals surface area (Å²) in [5.41, 5.74) is 2.49. The summed E-state index contributed by atoms with van der Waals surface area (Å²) < 4.78 is 13.1. The topological polar surface area (TPSA) is 69.9 Å². The van der Waals surface area contributed by atoms with Gasteiger partial charge in [-0.05, 0) is 49.6 Å². The largest absolute Gasteiger partial charge is 0.494 e. The van der Waals surface area contributed by atoms with Gasteiger partial charge in [0.15, 0.2) is 4.80 Å². The average Bonchev–Trinajstić information content (AvgIpc) is 3.12. The molecule has 33 heavy (non-hydrogen) atoms. The van der Waals surface area contributed by atoms with Gasteiger partial charge in [-0.2, -0.15) is 0 Å². The van der Waals surface area contributed by atoms with Crippen molar-refractivity contribution in [1.82, 2.24) is 4.57 Å². The van der Waals surface area contributed by atoms with Gasteiger partial charge in [0.25, 0.3) is 5.56 Å². The molecule has 0 saturated heterocycles. The minimum atomic E-state index is -0.589. The van der Waals surface area contributed by atoms with Gasteiger partial charge in [0.05, 0.1) is 35.1 Å². The molecule has 7 heteroatoms. The van der Waals surface area contributed by atoms with Crippen molar-refractivity contribution in [2.75, 3.05) is 13.2 Å². The Morgan fingerprint density at radius 3 is 2.52 bits per heavy atom. The van der Waals surface area contributed by atoms with E-state index >= 15 is 0 Å². The van der Waals surface area contributed by atoms with Crippen LogP contribution >= 0.6 is 11.3 Å². The summed E-state index contributed by atoms with van der Waals surface area (Å²) in [7, 11) is 0. The molecule has 0 saturated carbocycles. The number of aromatic nitrogens is 1. The zero-order chi connectivity index (χ0) is 23.4. The molecule has 3 aromatic rings. The van der Waals surface area contributed by atoms with E-state index < -0.39 is 12.0 Å². The van der Waals surface area contributed by atoms with Gasteiger partial charge >= 0.3 is 5.97 Å². The van der Waals surface area contributed by atoms with Crippen LogP contribution in [0.25, 0.3) is 6.08 Å². The molecule has 1 aromatic heterocycles. The van der Waals surface area contributed by atoms with Gasteiger partial charge in [-0.25, -0.2) is 9.79 Å². The summed E-state index contributed by atoms with van der Waals surface area (Å²) in [4.78, 5) is 31.5. The summed E-state index contributed by atoms with van der Waals surface area (Å²) in [6, 6.07) is 16.6. The number of ether oxygens (including phenoxy) is 2. The van der Waals surface area contributed by atoms with Crippen molar-refractivity contribution in [3.05, 3.63) is 96.7 Å². The third-order valence-electron chi connectivity index (χ3n) is 5.28. The molecule has 1 aliphatic heterocycles. The minimum absolute atomic E-state index is 0.187. The molecular formula is C26H26N2O4S. The van der Waals surface area contributed by atoms with Crippen molar-refractivity contribution in [2.24, 2.45) is 4.99 Å². The van der Waals surface area contributed by atoms with E-state index in [1.165, 1.54) is 11.3 Å². The minimum Gasteiger partial charge on any atom is -0.494 e. The molecule has 0 bridgehead atoms. The maximum Gasteiger partial charge on any atom is 0.338 e. The standard InChI is InChI=1S/C26H26N2O4S/c1-4-15-32-20-13-11-18(12-14-20)16-21-24(29)28-23(19-9-7-6-8-10-19)22(25(30)31-5-2)17(3)27-26(28)33-21/h6-14,16,23H,4-5,15H2,1-3H3/b21-16-/t23-/m1/s1. The normalized spacial score (nSPS) is 15.7. The second-order valence-corrected chi connectivity index (χ2v) is 8.64. The second-order valence-electron chi connectivity index (χ2n) is 7.63. The summed E-state index contributed by atoms with van der Waals surface area (Å²) >= 11 is 1.31. The molecule has 0 radical (unpaired) electrons. The van der Waals surface area contributed by atoms with E-state index in [4.69, 9.17) is 9.47 Å². The number of fused-ring (bicyclic) bond motifs is 1. The fourth-order valence-electron chi connectivity index (χ4n) is 3.77. The summed E-state index contributed by atoms with van der Waals surface area (Å²) in [5, 5.41) is 0. The fourth-order valence-corrected chi connectivity index (χ4v) is 4.82. The number of hydrogen-bond donors (Lipinski definition) is 0. The van der Waals surface area contributed by atoms with Crippen molar-refractivity contribution in [3.8, 4) is 5.75 Å². The van der Waals surface area contributed by atoms with Crippen molar-refractivity contribution in [3.63, 3.8) is 0 Å². The van der Waals surface area contributed by atoms with Crippen LogP contribution < -0.4 is 19.6 Å². The number of allylic oxidation sites excluding steroid dienone is 1. The molecular weight excluding hydrogens is 436 g/mol. The Bertz CT molecular complexity index is 1350. The molecule has 0 aliphatic carbocycles. The molecule has 0 unspecified atom stereocenters. The maximum absolute atomic E-state index is 13.5. The molecule has 1 atom stereocenters. The molecule has 0 N–H and O–H groups in total. The zero-order valence-corrected chi connectivity index (χ0v) is 19.7. The van der Waals surface area contributed by atoms with E-state index in [-0.39, 0.29) is 12.2 Å². The van der Waals surface area contributed by atoms with Crippen LogP contribution in [-0.2, 0) is 9.53 Å². The highest BCUT2D eigenvalue weighted by atomic mass is 32.1. The number of esters is 1. The van der Waals surface area contributed by atoms with E-state index in [2.05, 4.69) is 11.9 Å². The average molecular weight is 463 g/mol. The lowest BCUT2D eigenvalue weighted by molar-refractivity contribution is -0.139. The Balaban J connectivity index is 1.83. The predicted molar refractivity (Wildman–Crippen MR) is 129 cm³/mol. The molecule has 170 valence electrons. The number of nitrogens with zero attached hydrogens (tertiary/aromatic N) is 2. The molecule has 2 aromatic carbocycles. The predicted octanol–water partition coefficient (Wildman–Crippen LogP) is 3.59. The van der Waals surface area contributed by atoms with E-state index in [1.54, 1.807) is 18.4 Å². The van der Waals surface area contributed by atoms with Crippen LogP contribution in [0.1, 0.15) is 44.4 Å². The maximum atomic E-state index is 13.5. The van der Waals surface area contributed by atoms with E-state index in [0.29, 0.717) is 27.2 Å². The first-order valence-electron chi connectivity index (χ1n) is 11.0. The number of carbonyl (C=O) groups is 1. The van der Waals surface area contributed by atoms with Gasteiger partial charge in [-0.3, -0.25) is 9.36 Å². The number of carbonyl (C=O) groups excluding carboxylic acids is 1. The molecule has 0 amide bonds. The lowest BCUT2D eigenvalue weighted by Gasteiger charge is -2.24. The highest BCUT2D eigenvalue weighted by molar-refractivity contribution is 7.07. The Hall–Kier alpha value is -3.45. The molecule has 6 nitrogen and oxygen atoms in total. The Morgan fingerprint density at radius 2 is 1.85 bits per heavy atom. The molecule has 0 fully saturated rings. The highest BCUT2D eigenvalue weighted by Crippen LogP contribution is 2.30. The van der Waals surface area contributed by atoms with Gasteiger partial charge in [0.1, 0.15) is 5.75 Å². The summed E-state index contributed by atoms with van der Waals surface area (Å²) in [6.45, 7) is 6.53. The SMILES string of the molecule is CCCOc1ccc(/C=c2\sc3n(c2=O)[C@H](c2ccccc2)C(C(=O)OCC)=C(C)N=3)cc1. The zero-order valence-electron chi connectivity index (χ0n) is 18.9. The van der Waals surface area contributed by atoms with Gasteiger partial charge < -0.3 is 9.47 Å². The van der Waals surface area contributed by atoms with Crippen molar-refractivity contribution >= 4 is 23.4 Å². The first-order chi connectivity index (χ1) is 16.0. The van der Waals surface area contributed by atoms with Crippen molar-refractivity contribution in [2.45, 2.75) is 33.2 Å². The van der Waals surface area contributed by atoms with Crippen LogP contribution in [0.3, 0.4) is 0 Å². The quantitative estimate of drug-likeness (QED) is 0.503. The van der Waals surface area contributed by atoms with Crippen LogP contribution in [0.15, 0.2) is 75.7 Å². The second kappa shape index (κ2) is 10.0. The van der Waals surface area contributed by atoms with E-state index in [9.17, 15) is 9.59 Å². The Morgan fingerprint density at radius 1 is 1.12 bits per heavy atom.